The smallest absolute Gasteiger partial charge is 0.209 e. The highest BCUT2D eigenvalue weighted by Gasteiger charge is 2.10. The van der Waals surface area contributed by atoms with E-state index >= 15 is 0 Å². The second-order valence-corrected chi connectivity index (χ2v) is 4.27. The van der Waals surface area contributed by atoms with Crippen LogP contribution in [-0.2, 0) is 4.79 Å². The maximum absolute atomic E-state index is 10.4. The Morgan fingerprint density at radius 1 is 1.33 bits per heavy atom. The Morgan fingerprint density at radius 2 is 1.87 bits per heavy atom. The molecule has 15 heavy (non-hydrogen) atoms. The maximum Gasteiger partial charge on any atom is 0.209 e. The number of nitrogens with one attached hydrogen (secondary N) is 1. The molecule has 0 unspecified atom stereocenters. The van der Waals surface area contributed by atoms with Crippen molar-refractivity contribution in [3.63, 3.8) is 0 Å². The number of carbonyl (C=O) groups excluding carboxylic acids is 1. The van der Waals surface area contributed by atoms with Gasteiger partial charge in [-0.05, 0) is 12.3 Å². The van der Waals surface area contributed by atoms with Gasteiger partial charge in [0.1, 0.15) is 0 Å². The van der Waals surface area contributed by atoms with Crippen LogP contribution in [0.5, 0.6) is 0 Å². The van der Waals surface area contributed by atoms with E-state index in [9.17, 15) is 4.79 Å². The molecular weight excluding hydrogens is 188 g/mol. The summed E-state index contributed by atoms with van der Waals surface area (Å²) in [4.78, 5) is 11.9. The molecule has 0 fully saturated rings. The minimum Gasteiger partial charge on any atom is -0.343 e. The van der Waals surface area contributed by atoms with Crippen molar-refractivity contribution >= 4 is 12.1 Å². The molecule has 0 rings (SSSR count). The maximum atomic E-state index is 10.4. The Bertz CT molecular complexity index is 186. The van der Waals surface area contributed by atoms with Crippen LogP contribution in [0.1, 0.15) is 46.0 Å². The van der Waals surface area contributed by atoms with E-state index < -0.39 is 0 Å². The molecule has 0 aliphatic rings. The van der Waals surface area contributed by atoms with Gasteiger partial charge in [-0.2, -0.15) is 0 Å². The summed E-state index contributed by atoms with van der Waals surface area (Å²) in [6.45, 7) is 4.85. The molecule has 0 aromatic rings. The standard InChI is InChI=1S/C12H24N2O/c1-4-6-11(7-5-2)8-12(13)9-14(3)10-15/h10-11,13H,4-9H2,1-3H3. The molecule has 1 amide bonds. The summed E-state index contributed by atoms with van der Waals surface area (Å²) >= 11 is 0. The number of rotatable bonds is 9. The Labute approximate surface area is 93.4 Å². The van der Waals surface area contributed by atoms with Crippen molar-refractivity contribution in [3.8, 4) is 0 Å². The lowest BCUT2D eigenvalue weighted by atomic mass is 9.92. The number of amides is 1. The first-order valence-corrected chi connectivity index (χ1v) is 5.85. The molecular formula is C12H24N2O. The first-order valence-electron chi connectivity index (χ1n) is 5.85. The third kappa shape index (κ3) is 7.11. The van der Waals surface area contributed by atoms with E-state index in [0.717, 1.165) is 12.8 Å². The third-order valence-corrected chi connectivity index (χ3v) is 2.55. The predicted molar refractivity (Wildman–Crippen MR) is 64.3 cm³/mol. The summed E-state index contributed by atoms with van der Waals surface area (Å²) < 4.78 is 0. The van der Waals surface area contributed by atoms with E-state index in [4.69, 9.17) is 5.41 Å². The highest BCUT2D eigenvalue weighted by Crippen LogP contribution is 2.17. The van der Waals surface area contributed by atoms with Crippen LogP contribution in [0.15, 0.2) is 0 Å². The first kappa shape index (κ1) is 14.1. The molecule has 0 saturated heterocycles. The average Bonchev–Trinajstić information content (AvgIpc) is 2.18. The summed E-state index contributed by atoms with van der Waals surface area (Å²) in [5, 5.41) is 7.81. The van der Waals surface area contributed by atoms with E-state index in [-0.39, 0.29) is 0 Å². The highest BCUT2D eigenvalue weighted by atomic mass is 16.1. The van der Waals surface area contributed by atoms with Gasteiger partial charge in [0.05, 0.1) is 6.54 Å². The second-order valence-electron chi connectivity index (χ2n) is 4.27. The zero-order valence-electron chi connectivity index (χ0n) is 10.3. The molecule has 0 bridgehead atoms. The zero-order chi connectivity index (χ0) is 11.7. The minimum atomic E-state index is 0.480. The van der Waals surface area contributed by atoms with Crippen molar-refractivity contribution in [3.05, 3.63) is 0 Å². The molecule has 0 saturated carbocycles. The first-order chi connectivity index (χ1) is 7.13. The van der Waals surface area contributed by atoms with E-state index in [1.54, 1.807) is 7.05 Å². The number of nitrogens with zero attached hydrogens (tertiary/aromatic N) is 1. The van der Waals surface area contributed by atoms with Gasteiger partial charge in [-0.1, -0.05) is 39.5 Å². The number of carbonyl (C=O) groups is 1. The monoisotopic (exact) mass is 212 g/mol. The fourth-order valence-corrected chi connectivity index (χ4v) is 1.92. The quantitative estimate of drug-likeness (QED) is 0.463. The summed E-state index contributed by atoms with van der Waals surface area (Å²) in [5.41, 5.74) is 0.677. The van der Waals surface area contributed by atoms with Crippen molar-refractivity contribution in [2.75, 3.05) is 13.6 Å². The molecule has 0 heterocycles. The molecule has 0 radical (unpaired) electrons. The van der Waals surface area contributed by atoms with Crippen LogP contribution in [0.2, 0.25) is 0 Å². The Morgan fingerprint density at radius 3 is 2.27 bits per heavy atom. The van der Waals surface area contributed by atoms with Crippen LogP contribution in [0.25, 0.3) is 0 Å². The molecule has 0 spiro atoms. The summed E-state index contributed by atoms with van der Waals surface area (Å²) in [6.07, 6.45) is 6.38. The van der Waals surface area contributed by atoms with Gasteiger partial charge in [-0.15, -0.1) is 0 Å². The molecule has 1 N–H and O–H groups in total. The molecule has 0 aromatic heterocycles. The average molecular weight is 212 g/mol. The minimum absolute atomic E-state index is 0.480. The number of hydrogen-bond acceptors (Lipinski definition) is 2. The van der Waals surface area contributed by atoms with E-state index in [2.05, 4.69) is 13.8 Å². The second kappa shape index (κ2) is 8.45. The van der Waals surface area contributed by atoms with Crippen LogP contribution in [-0.4, -0.2) is 30.6 Å². The van der Waals surface area contributed by atoms with E-state index in [1.807, 2.05) is 0 Å². The van der Waals surface area contributed by atoms with Gasteiger partial charge in [0, 0.05) is 12.8 Å². The molecule has 88 valence electrons. The lowest BCUT2D eigenvalue weighted by Crippen LogP contribution is -2.25. The number of hydrogen-bond donors (Lipinski definition) is 1. The predicted octanol–water partition coefficient (Wildman–Crippen LogP) is 2.70. The van der Waals surface area contributed by atoms with Crippen LogP contribution in [0, 0.1) is 11.3 Å². The summed E-state index contributed by atoms with van der Waals surface area (Å²) in [5.74, 6) is 0.632. The van der Waals surface area contributed by atoms with Crippen LogP contribution in [0.3, 0.4) is 0 Å². The molecule has 3 heteroatoms. The fraction of sp³-hybridized carbons (Fsp3) is 0.833. The molecule has 3 nitrogen and oxygen atoms in total. The Kier molecular flexibility index (Phi) is 7.96. The molecule has 0 atom stereocenters. The lowest BCUT2D eigenvalue weighted by Gasteiger charge is -2.18. The van der Waals surface area contributed by atoms with E-state index in [1.165, 1.54) is 30.6 Å². The zero-order valence-corrected chi connectivity index (χ0v) is 10.3. The topological polar surface area (TPSA) is 44.2 Å². The third-order valence-electron chi connectivity index (χ3n) is 2.55. The van der Waals surface area contributed by atoms with Gasteiger partial charge in [-0.3, -0.25) is 4.79 Å². The molecule has 0 aliphatic carbocycles. The summed E-state index contributed by atoms with van der Waals surface area (Å²) in [7, 11) is 1.72. The Balaban J connectivity index is 3.92. The van der Waals surface area contributed by atoms with Gasteiger partial charge in [0.15, 0.2) is 0 Å². The van der Waals surface area contributed by atoms with E-state index in [0.29, 0.717) is 18.2 Å². The summed E-state index contributed by atoms with van der Waals surface area (Å²) in [6, 6.07) is 0. The van der Waals surface area contributed by atoms with Gasteiger partial charge < -0.3 is 10.3 Å². The van der Waals surface area contributed by atoms with Gasteiger partial charge in [0.2, 0.25) is 6.41 Å². The fourth-order valence-electron chi connectivity index (χ4n) is 1.92. The van der Waals surface area contributed by atoms with Crippen molar-refractivity contribution < 1.29 is 4.79 Å². The van der Waals surface area contributed by atoms with Crippen molar-refractivity contribution in [1.82, 2.24) is 4.90 Å². The van der Waals surface area contributed by atoms with Crippen LogP contribution < -0.4 is 0 Å². The largest absolute Gasteiger partial charge is 0.343 e. The molecule has 0 aliphatic heterocycles. The SMILES string of the molecule is CCCC(CCC)CC(=N)CN(C)C=O. The van der Waals surface area contributed by atoms with Gasteiger partial charge in [-0.25, -0.2) is 0 Å². The van der Waals surface area contributed by atoms with Gasteiger partial charge in [0.25, 0.3) is 0 Å². The lowest BCUT2D eigenvalue weighted by molar-refractivity contribution is -0.116. The molecule has 0 aromatic carbocycles. The normalized spacial score (nSPS) is 10.4. The van der Waals surface area contributed by atoms with Crippen LogP contribution >= 0.6 is 0 Å². The Hall–Kier alpha value is -0.860. The van der Waals surface area contributed by atoms with Crippen LogP contribution in [0.4, 0.5) is 0 Å². The van der Waals surface area contributed by atoms with Gasteiger partial charge >= 0.3 is 0 Å². The van der Waals surface area contributed by atoms with Crippen molar-refractivity contribution in [2.24, 2.45) is 5.92 Å². The van der Waals surface area contributed by atoms with Crippen molar-refractivity contribution in [2.45, 2.75) is 46.0 Å². The van der Waals surface area contributed by atoms with Crippen molar-refractivity contribution in [1.29, 1.82) is 5.41 Å². The highest BCUT2D eigenvalue weighted by molar-refractivity contribution is 5.84.